The van der Waals surface area contributed by atoms with Crippen LogP contribution >= 0.6 is 11.6 Å². The number of allylic oxidation sites excluding steroid dienone is 1. The van der Waals surface area contributed by atoms with Crippen molar-refractivity contribution in [3.8, 4) is 11.5 Å². The van der Waals surface area contributed by atoms with Crippen molar-refractivity contribution < 1.29 is 19.1 Å². The quantitative estimate of drug-likeness (QED) is 0.479. The second kappa shape index (κ2) is 6.26. The summed E-state index contributed by atoms with van der Waals surface area (Å²) >= 11 is 6.09. The summed E-state index contributed by atoms with van der Waals surface area (Å²) in [5.74, 6) is 0.332. The summed E-state index contributed by atoms with van der Waals surface area (Å²) in [5.41, 5.74) is 1.13. The predicted octanol–water partition coefficient (Wildman–Crippen LogP) is 4.27. The smallest absolute Gasteiger partial charge is 0.310 e. The average Bonchev–Trinajstić information content (AvgIpc) is 2.85. The number of carbonyl (C=O) groups excluding carboxylic acids is 2. The average molecular weight is 329 g/mol. The Hall–Kier alpha value is -2.59. The maximum absolute atomic E-state index is 12.4. The molecule has 0 saturated carbocycles. The number of carbonyl (C=O) groups is 2. The molecule has 1 heterocycles. The molecule has 4 nitrogen and oxygen atoms in total. The van der Waals surface area contributed by atoms with Crippen molar-refractivity contribution in [3.63, 3.8) is 0 Å². The summed E-state index contributed by atoms with van der Waals surface area (Å²) in [6.45, 7) is 1.71. The molecule has 0 radical (unpaired) electrons. The first kappa shape index (κ1) is 15.3. The van der Waals surface area contributed by atoms with Crippen molar-refractivity contribution in [1.29, 1.82) is 0 Å². The first-order valence-corrected chi connectivity index (χ1v) is 7.50. The monoisotopic (exact) mass is 328 g/mol. The lowest BCUT2D eigenvalue weighted by molar-refractivity contribution is -0.134. The number of rotatable bonds is 3. The lowest BCUT2D eigenvalue weighted by Crippen LogP contribution is -2.05. The van der Waals surface area contributed by atoms with E-state index in [-0.39, 0.29) is 23.9 Å². The van der Waals surface area contributed by atoms with Gasteiger partial charge in [0.1, 0.15) is 11.5 Å². The molecule has 1 aliphatic heterocycles. The van der Waals surface area contributed by atoms with Crippen molar-refractivity contribution in [2.75, 3.05) is 0 Å². The van der Waals surface area contributed by atoms with Crippen LogP contribution in [-0.2, 0) is 4.79 Å². The maximum Gasteiger partial charge on any atom is 0.310 e. The van der Waals surface area contributed by atoms with Crippen LogP contribution in [0.4, 0.5) is 0 Å². The van der Waals surface area contributed by atoms with Gasteiger partial charge in [0.15, 0.2) is 5.76 Å². The Kier molecular flexibility index (Phi) is 4.17. The van der Waals surface area contributed by atoms with Gasteiger partial charge in [0.05, 0.1) is 5.56 Å². The van der Waals surface area contributed by atoms with Gasteiger partial charge in [-0.2, -0.15) is 0 Å². The van der Waals surface area contributed by atoms with E-state index in [0.717, 1.165) is 0 Å². The second-order valence-corrected chi connectivity index (χ2v) is 5.35. The third-order valence-corrected chi connectivity index (χ3v) is 3.70. The highest BCUT2D eigenvalue weighted by Crippen LogP contribution is 2.35. The zero-order valence-electron chi connectivity index (χ0n) is 12.3. The Labute approximate surface area is 138 Å². The maximum atomic E-state index is 12.4. The summed E-state index contributed by atoms with van der Waals surface area (Å²) in [7, 11) is 0. The number of hydrogen-bond donors (Lipinski definition) is 0. The van der Waals surface area contributed by atoms with Gasteiger partial charge in [-0.15, -0.1) is 0 Å². The van der Waals surface area contributed by atoms with Crippen LogP contribution in [0.15, 0.2) is 48.2 Å². The van der Waals surface area contributed by atoms with Gasteiger partial charge in [-0.1, -0.05) is 36.7 Å². The topological polar surface area (TPSA) is 52.6 Å². The summed E-state index contributed by atoms with van der Waals surface area (Å²) in [4.78, 5) is 23.7. The van der Waals surface area contributed by atoms with Crippen molar-refractivity contribution >= 4 is 29.4 Å². The Bertz CT molecular complexity index is 824. The van der Waals surface area contributed by atoms with E-state index in [2.05, 4.69) is 0 Å². The molecule has 0 amide bonds. The fourth-order valence-corrected chi connectivity index (χ4v) is 2.36. The lowest BCUT2D eigenvalue weighted by Gasteiger charge is -2.04. The van der Waals surface area contributed by atoms with Crippen LogP contribution in [0.1, 0.15) is 29.3 Å². The van der Waals surface area contributed by atoms with Gasteiger partial charge in [0.25, 0.3) is 0 Å². The standard InChI is InChI=1S/C18H13ClO4/c1-2-17(20)22-12-7-8-13-15(10-12)23-16(18(13)21)9-11-5-3-4-6-14(11)19/h3-10H,2H2,1H3/b16-9-. The van der Waals surface area contributed by atoms with E-state index in [4.69, 9.17) is 21.1 Å². The Morgan fingerprint density at radius 1 is 1.26 bits per heavy atom. The molecule has 3 rings (SSSR count). The molecule has 1 aliphatic rings. The Balaban J connectivity index is 1.90. The van der Waals surface area contributed by atoms with Crippen LogP contribution in [-0.4, -0.2) is 11.8 Å². The second-order valence-electron chi connectivity index (χ2n) is 4.95. The van der Waals surface area contributed by atoms with E-state index >= 15 is 0 Å². The largest absolute Gasteiger partial charge is 0.452 e. The first-order valence-electron chi connectivity index (χ1n) is 7.12. The molecule has 2 aromatic rings. The molecule has 0 aromatic heterocycles. The zero-order chi connectivity index (χ0) is 16.4. The molecule has 0 fully saturated rings. The van der Waals surface area contributed by atoms with Gasteiger partial charge in [0.2, 0.25) is 5.78 Å². The number of fused-ring (bicyclic) bond motifs is 1. The molecule has 0 spiro atoms. The van der Waals surface area contributed by atoms with Crippen LogP contribution in [0.25, 0.3) is 6.08 Å². The van der Waals surface area contributed by atoms with E-state index < -0.39 is 0 Å². The number of hydrogen-bond acceptors (Lipinski definition) is 4. The van der Waals surface area contributed by atoms with Crippen molar-refractivity contribution in [2.45, 2.75) is 13.3 Å². The molecular weight excluding hydrogens is 316 g/mol. The summed E-state index contributed by atoms with van der Waals surface area (Å²) in [6.07, 6.45) is 1.87. The van der Waals surface area contributed by atoms with E-state index in [0.29, 0.717) is 27.6 Å². The highest BCUT2D eigenvalue weighted by Gasteiger charge is 2.28. The van der Waals surface area contributed by atoms with Crippen LogP contribution in [0.3, 0.4) is 0 Å². The molecule has 0 atom stereocenters. The van der Waals surface area contributed by atoms with Crippen LogP contribution < -0.4 is 9.47 Å². The molecule has 23 heavy (non-hydrogen) atoms. The Morgan fingerprint density at radius 2 is 2.04 bits per heavy atom. The number of halogens is 1. The van der Waals surface area contributed by atoms with Crippen LogP contribution in [0.2, 0.25) is 5.02 Å². The van der Waals surface area contributed by atoms with Crippen molar-refractivity contribution in [3.05, 3.63) is 64.4 Å². The number of Topliss-reactive ketones (excluding diaryl/α,β-unsaturated/α-hetero) is 1. The molecule has 0 unspecified atom stereocenters. The highest BCUT2D eigenvalue weighted by atomic mass is 35.5. The Morgan fingerprint density at radius 3 is 2.78 bits per heavy atom. The lowest BCUT2D eigenvalue weighted by atomic mass is 10.1. The van der Waals surface area contributed by atoms with E-state index in [1.54, 1.807) is 37.3 Å². The number of esters is 1. The van der Waals surface area contributed by atoms with Crippen molar-refractivity contribution in [2.24, 2.45) is 0 Å². The van der Waals surface area contributed by atoms with E-state index in [1.165, 1.54) is 6.07 Å². The number of ether oxygens (including phenoxy) is 2. The minimum absolute atomic E-state index is 0.187. The van der Waals surface area contributed by atoms with Gasteiger partial charge in [-0.3, -0.25) is 9.59 Å². The SMILES string of the molecule is CCC(=O)Oc1ccc2c(c1)O/C(=C\c1ccccc1Cl)C2=O. The minimum atomic E-state index is -0.346. The van der Waals surface area contributed by atoms with Crippen LogP contribution in [0.5, 0.6) is 11.5 Å². The third kappa shape index (κ3) is 3.12. The predicted molar refractivity (Wildman–Crippen MR) is 86.8 cm³/mol. The summed E-state index contributed by atoms with van der Waals surface area (Å²) < 4.78 is 10.7. The molecule has 116 valence electrons. The molecular formula is C18H13ClO4. The van der Waals surface area contributed by atoms with E-state index in [9.17, 15) is 9.59 Å². The fourth-order valence-electron chi connectivity index (χ4n) is 2.17. The van der Waals surface area contributed by atoms with Crippen molar-refractivity contribution in [1.82, 2.24) is 0 Å². The molecule has 5 heteroatoms. The third-order valence-electron chi connectivity index (χ3n) is 3.35. The van der Waals surface area contributed by atoms with Gasteiger partial charge in [-0.25, -0.2) is 0 Å². The summed E-state index contributed by atoms with van der Waals surface area (Å²) in [5, 5.41) is 0.532. The van der Waals surface area contributed by atoms with Gasteiger partial charge in [-0.05, 0) is 29.8 Å². The summed E-state index contributed by atoms with van der Waals surface area (Å²) in [6, 6.07) is 11.9. The number of benzene rings is 2. The fraction of sp³-hybridized carbons (Fsp3) is 0.111. The minimum Gasteiger partial charge on any atom is -0.452 e. The van der Waals surface area contributed by atoms with Gasteiger partial charge >= 0.3 is 5.97 Å². The first-order chi connectivity index (χ1) is 11.1. The molecule has 0 N–H and O–H groups in total. The normalized spacial score (nSPS) is 14.5. The van der Waals surface area contributed by atoms with Gasteiger partial charge < -0.3 is 9.47 Å². The molecule has 2 aromatic carbocycles. The molecule has 0 aliphatic carbocycles. The number of ketones is 1. The zero-order valence-corrected chi connectivity index (χ0v) is 13.1. The molecule has 0 saturated heterocycles. The molecule has 0 bridgehead atoms. The van der Waals surface area contributed by atoms with Gasteiger partial charge in [0, 0.05) is 17.5 Å². The van der Waals surface area contributed by atoms with Crippen LogP contribution in [0, 0.1) is 0 Å². The van der Waals surface area contributed by atoms with E-state index in [1.807, 2.05) is 12.1 Å². The highest BCUT2D eigenvalue weighted by molar-refractivity contribution is 6.32.